The predicted molar refractivity (Wildman–Crippen MR) is 73.7 cm³/mol. The highest BCUT2D eigenvalue weighted by Crippen LogP contribution is 2.26. The van der Waals surface area contributed by atoms with Crippen molar-refractivity contribution in [2.45, 2.75) is 6.54 Å². The molecule has 18 heavy (non-hydrogen) atoms. The Hall–Kier alpha value is -1.30. The Morgan fingerprint density at radius 2 is 2.17 bits per heavy atom. The first-order valence-corrected chi connectivity index (χ1v) is 6.32. The molecule has 0 radical (unpaired) electrons. The highest BCUT2D eigenvalue weighted by Gasteiger charge is 2.12. The number of hydrogen-bond acceptors (Lipinski definition) is 3. The topological polar surface area (TPSA) is 68.3 Å². The number of nitrogens with two attached hydrogens (primary N) is 1. The number of amides is 1. The van der Waals surface area contributed by atoms with E-state index < -0.39 is 0 Å². The van der Waals surface area contributed by atoms with Gasteiger partial charge in [-0.2, -0.15) is 0 Å². The summed E-state index contributed by atoms with van der Waals surface area (Å²) < 4.78 is 6.07. The van der Waals surface area contributed by atoms with E-state index in [1.807, 2.05) is 0 Å². The molecule has 2 rings (SSSR count). The Balaban J connectivity index is 2.18. The first-order valence-electron chi connectivity index (χ1n) is 5.15. The molecule has 4 nitrogen and oxygen atoms in total. The van der Waals surface area contributed by atoms with Gasteiger partial charge in [-0.3, -0.25) is 4.79 Å². The summed E-state index contributed by atoms with van der Waals surface area (Å²) in [4.78, 5) is 11.9. The lowest BCUT2D eigenvalue weighted by atomic mass is 10.3. The van der Waals surface area contributed by atoms with Crippen molar-refractivity contribution in [3.63, 3.8) is 0 Å². The SMILES string of the molecule is NCc1ccc(C(=O)Nc2cc(Br)ccc2Cl)o1. The van der Waals surface area contributed by atoms with E-state index in [4.69, 9.17) is 21.8 Å². The Morgan fingerprint density at radius 3 is 2.83 bits per heavy atom. The number of carbonyl (C=O) groups excluding carboxylic acids is 1. The van der Waals surface area contributed by atoms with Crippen molar-refractivity contribution >= 4 is 39.1 Å². The maximum absolute atomic E-state index is 11.9. The van der Waals surface area contributed by atoms with Gasteiger partial charge in [0, 0.05) is 4.47 Å². The lowest BCUT2D eigenvalue weighted by molar-refractivity contribution is 0.0995. The summed E-state index contributed by atoms with van der Waals surface area (Å²) >= 11 is 9.28. The minimum absolute atomic E-state index is 0.200. The first-order chi connectivity index (χ1) is 8.60. The third-order valence-electron chi connectivity index (χ3n) is 2.26. The molecule has 1 amide bonds. The molecule has 94 valence electrons. The van der Waals surface area contributed by atoms with Crippen LogP contribution in [0.25, 0.3) is 0 Å². The van der Waals surface area contributed by atoms with E-state index in [9.17, 15) is 4.79 Å². The number of carbonyl (C=O) groups is 1. The fraction of sp³-hybridized carbons (Fsp3) is 0.0833. The Bertz CT molecular complexity index is 583. The summed E-state index contributed by atoms with van der Waals surface area (Å²) in [5.74, 6) is 0.390. The molecule has 0 bridgehead atoms. The van der Waals surface area contributed by atoms with Gasteiger partial charge in [0.05, 0.1) is 17.3 Å². The highest BCUT2D eigenvalue weighted by atomic mass is 79.9. The molecule has 1 aromatic heterocycles. The molecule has 0 spiro atoms. The molecule has 0 unspecified atom stereocenters. The second-order valence-electron chi connectivity index (χ2n) is 3.55. The fourth-order valence-corrected chi connectivity index (χ4v) is 1.91. The van der Waals surface area contributed by atoms with Crippen molar-refractivity contribution in [1.82, 2.24) is 0 Å². The minimum Gasteiger partial charge on any atom is -0.455 e. The molecule has 1 heterocycles. The van der Waals surface area contributed by atoms with E-state index in [1.165, 1.54) is 0 Å². The number of nitrogens with one attached hydrogen (secondary N) is 1. The van der Waals surface area contributed by atoms with Crippen molar-refractivity contribution in [1.29, 1.82) is 0 Å². The average molecular weight is 330 g/mol. The Labute approximate surface area is 117 Å². The molecule has 2 aromatic rings. The van der Waals surface area contributed by atoms with Crippen molar-refractivity contribution in [3.05, 3.63) is 51.3 Å². The fourth-order valence-electron chi connectivity index (χ4n) is 1.39. The van der Waals surface area contributed by atoms with Crippen LogP contribution in [0.3, 0.4) is 0 Å². The predicted octanol–water partition coefficient (Wildman–Crippen LogP) is 3.41. The Kier molecular flexibility index (Phi) is 4.06. The van der Waals surface area contributed by atoms with E-state index in [0.29, 0.717) is 16.5 Å². The van der Waals surface area contributed by atoms with E-state index in [0.717, 1.165) is 4.47 Å². The summed E-state index contributed by atoms with van der Waals surface area (Å²) in [6.45, 7) is 0.255. The molecule has 0 fully saturated rings. The van der Waals surface area contributed by atoms with Gasteiger partial charge in [-0.15, -0.1) is 0 Å². The van der Waals surface area contributed by atoms with Crippen molar-refractivity contribution in [3.8, 4) is 0 Å². The summed E-state index contributed by atoms with van der Waals surface area (Å²) in [5, 5.41) is 3.12. The number of halogens is 2. The van der Waals surface area contributed by atoms with Gasteiger partial charge in [0.2, 0.25) is 0 Å². The summed E-state index contributed by atoms with van der Waals surface area (Å²) in [7, 11) is 0. The van der Waals surface area contributed by atoms with Crippen LogP contribution in [0.2, 0.25) is 5.02 Å². The van der Waals surface area contributed by atoms with E-state index in [-0.39, 0.29) is 18.2 Å². The van der Waals surface area contributed by atoms with Crippen molar-refractivity contribution in [2.24, 2.45) is 5.73 Å². The molecule has 0 aliphatic rings. The van der Waals surface area contributed by atoms with Gasteiger partial charge >= 0.3 is 0 Å². The Morgan fingerprint density at radius 1 is 1.39 bits per heavy atom. The summed E-state index contributed by atoms with van der Waals surface area (Å²) in [6.07, 6.45) is 0. The molecule has 0 aliphatic carbocycles. The maximum Gasteiger partial charge on any atom is 0.291 e. The van der Waals surface area contributed by atoms with Crippen LogP contribution in [-0.4, -0.2) is 5.91 Å². The highest BCUT2D eigenvalue weighted by molar-refractivity contribution is 9.10. The third-order valence-corrected chi connectivity index (χ3v) is 3.09. The van der Waals surface area contributed by atoms with Gasteiger partial charge in [-0.1, -0.05) is 27.5 Å². The van der Waals surface area contributed by atoms with Gasteiger partial charge in [-0.05, 0) is 30.3 Å². The standard InChI is InChI=1S/C12H10BrClN2O2/c13-7-1-3-9(14)10(5-7)16-12(17)11-4-2-8(6-15)18-11/h1-5H,6,15H2,(H,16,17). The third kappa shape index (κ3) is 2.93. The lowest BCUT2D eigenvalue weighted by Crippen LogP contribution is -2.11. The lowest BCUT2D eigenvalue weighted by Gasteiger charge is -2.06. The largest absolute Gasteiger partial charge is 0.455 e. The average Bonchev–Trinajstić information content (AvgIpc) is 2.82. The number of anilines is 1. The summed E-state index contributed by atoms with van der Waals surface area (Å²) in [5.41, 5.74) is 5.92. The molecule has 0 saturated heterocycles. The zero-order valence-corrected chi connectivity index (χ0v) is 11.6. The molecule has 6 heteroatoms. The monoisotopic (exact) mass is 328 g/mol. The second-order valence-corrected chi connectivity index (χ2v) is 4.87. The molecule has 0 saturated carbocycles. The molecule has 1 aromatic carbocycles. The van der Waals surface area contributed by atoms with Crippen molar-refractivity contribution < 1.29 is 9.21 Å². The van der Waals surface area contributed by atoms with Crippen LogP contribution >= 0.6 is 27.5 Å². The van der Waals surface area contributed by atoms with Crippen LogP contribution in [0, 0.1) is 0 Å². The van der Waals surface area contributed by atoms with Crippen LogP contribution in [-0.2, 0) is 6.54 Å². The van der Waals surface area contributed by atoms with Gasteiger partial charge < -0.3 is 15.5 Å². The smallest absolute Gasteiger partial charge is 0.291 e. The minimum atomic E-state index is -0.366. The van der Waals surface area contributed by atoms with Crippen LogP contribution in [0.4, 0.5) is 5.69 Å². The first kappa shape index (κ1) is 13.1. The van der Waals surface area contributed by atoms with Crippen molar-refractivity contribution in [2.75, 3.05) is 5.32 Å². The number of rotatable bonds is 3. The number of furan rings is 1. The van der Waals surface area contributed by atoms with E-state index in [1.54, 1.807) is 30.3 Å². The van der Waals surface area contributed by atoms with Gasteiger partial charge in [0.15, 0.2) is 5.76 Å². The quantitative estimate of drug-likeness (QED) is 0.906. The van der Waals surface area contributed by atoms with Crippen LogP contribution in [0.1, 0.15) is 16.3 Å². The molecular weight excluding hydrogens is 320 g/mol. The second kappa shape index (κ2) is 5.56. The molecule has 0 aliphatic heterocycles. The molecular formula is C12H10BrClN2O2. The maximum atomic E-state index is 11.9. The van der Waals surface area contributed by atoms with Gasteiger partial charge in [0.1, 0.15) is 5.76 Å². The van der Waals surface area contributed by atoms with Crippen LogP contribution in [0.15, 0.2) is 39.2 Å². The van der Waals surface area contributed by atoms with E-state index in [2.05, 4.69) is 21.2 Å². The number of benzene rings is 1. The summed E-state index contributed by atoms with van der Waals surface area (Å²) in [6, 6.07) is 8.43. The normalized spacial score (nSPS) is 10.4. The van der Waals surface area contributed by atoms with Crippen LogP contribution < -0.4 is 11.1 Å². The van der Waals surface area contributed by atoms with Gasteiger partial charge in [0.25, 0.3) is 5.91 Å². The zero-order chi connectivity index (χ0) is 13.1. The van der Waals surface area contributed by atoms with Gasteiger partial charge in [-0.25, -0.2) is 0 Å². The zero-order valence-electron chi connectivity index (χ0n) is 9.24. The molecule has 3 N–H and O–H groups in total. The van der Waals surface area contributed by atoms with E-state index >= 15 is 0 Å². The molecule has 0 atom stereocenters. The number of hydrogen-bond donors (Lipinski definition) is 2. The van der Waals surface area contributed by atoms with Crippen LogP contribution in [0.5, 0.6) is 0 Å².